The molecule has 1 fully saturated rings. The fourth-order valence-electron chi connectivity index (χ4n) is 2.24. The van der Waals surface area contributed by atoms with E-state index in [4.69, 9.17) is 0 Å². The lowest BCUT2D eigenvalue weighted by Gasteiger charge is -2.13. The minimum atomic E-state index is -4.02. The molecule has 0 unspecified atom stereocenters. The standard InChI is InChI=1S/C16H18N2O4S2/c19-23(20,17-12-13-10-11-13)15-8-4-5-9-16(15)24(21,22)18-14-6-2-1-3-7-14/h1-9,13,17-18H,10-12H2. The number of hydrogen-bond donors (Lipinski definition) is 2. The Bertz CT molecular complexity index is 922. The molecule has 0 spiro atoms. The van der Waals surface area contributed by atoms with Crippen LogP contribution in [0.15, 0.2) is 64.4 Å². The van der Waals surface area contributed by atoms with Crippen molar-refractivity contribution in [2.75, 3.05) is 11.3 Å². The number of nitrogens with one attached hydrogen (secondary N) is 2. The van der Waals surface area contributed by atoms with Gasteiger partial charge in [0.1, 0.15) is 9.79 Å². The van der Waals surface area contributed by atoms with Crippen LogP contribution in [0.1, 0.15) is 12.8 Å². The van der Waals surface area contributed by atoms with Gasteiger partial charge in [-0.05, 0) is 43.0 Å². The predicted octanol–water partition coefficient (Wildman–Crippen LogP) is 2.18. The number of hydrogen-bond acceptors (Lipinski definition) is 4. The van der Waals surface area contributed by atoms with Crippen molar-refractivity contribution in [1.82, 2.24) is 4.72 Å². The SMILES string of the molecule is O=S(=O)(NCC1CC1)c1ccccc1S(=O)(=O)Nc1ccccc1. The van der Waals surface area contributed by atoms with Crippen molar-refractivity contribution < 1.29 is 16.8 Å². The third kappa shape index (κ3) is 3.95. The van der Waals surface area contributed by atoms with Crippen LogP contribution in [0.25, 0.3) is 0 Å². The first kappa shape index (κ1) is 16.9. The summed E-state index contributed by atoms with van der Waals surface area (Å²) in [7, 11) is -7.91. The zero-order valence-electron chi connectivity index (χ0n) is 12.8. The highest BCUT2D eigenvalue weighted by Gasteiger charge is 2.28. The van der Waals surface area contributed by atoms with Crippen LogP contribution in [0.3, 0.4) is 0 Å². The second-order valence-electron chi connectivity index (χ2n) is 5.71. The Labute approximate surface area is 142 Å². The van der Waals surface area contributed by atoms with Crippen molar-refractivity contribution in [2.24, 2.45) is 5.92 Å². The van der Waals surface area contributed by atoms with Gasteiger partial charge >= 0.3 is 0 Å². The van der Waals surface area contributed by atoms with E-state index in [1.54, 1.807) is 30.3 Å². The van der Waals surface area contributed by atoms with Crippen LogP contribution in [0.5, 0.6) is 0 Å². The minimum Gasteiger partial charge on any atom is -0.280 e. The second kappa shape index (κ2) is 6.54. The van der Waals surface area contributed by atoms with Crippen LogP contribution in [-0.4, -0.2) is 23.4 Å². The van der Waals surface area contributed by atoms with E-state index in [9.17, 15) is 16.8 Å². The van der Waals surface area contributed by atoms with E-state index < -0.39 is 20.0 Å². The van der Waals surface area contributed by atoms with Crippen molar-refractivity contribution in [3.05, 3.63) is 54.6 Å². The molecule has 0 aliphatic heterocycles. The largest absolute Gasteiger partial charge is 0.280 e. The molecule has 0 amide bonds. The molecule has 0 heterocycles. The third-order valence-corrected chi connectivity index (χ3v) is 6.76. The Morgan fingerprint density at radius 2 is 1.33 bits per heavy atom. The number of para-hydroxylation sites is 1. The van der Waals surface area contributed by atoms with Gasteiger partial charge in [0.2, 0.25) is 10.0 Å². The molecule has 3 rings (SSSR count). The van der Waals surface area contributed by atoms with Crippen LogP contribution < -0.4 is 9.44 Å². The molecule has 2 aromatic carbocycles. The highest BCUT2D eigenvalue weighted by Crippen LogP contribution is 2.29. The summed E-state index contributed by atoms with van der Waals surface area (Å²) in [6.07, 6.45) is 2.00. The smallest absolute Gasteiger partial charge is 0.263 e. The normalized spacial score (nSPS) is 15.2. The lowest BCUT2D eigenvalue weighted by Crippen LogP contribution is -2.28. The molecule has 0 saturated heterocycles. The lowest BCUT2D eigenvalue weighted by molar-refractivity contribution is 0.571. The molecule has 2 N–H and O–H groups in total. The maximum absolute atomic E-state index is 12.6. The van der Waals surface area contributed by atoms with E-state index in [0.29, 0.717) is 18.2 Å². The van der Waals surface area contributed by atoms with Gasteiger partial charge in [0.15, 0.2) is 0 Å². The fraction of sp³-hybridized carbons (Fsp3) is 0.250. The summed E-state index contributed by atoms with van der Waals surface area (Å²) in [6.45, 7) is 0.336. The highest BCUT2D eigenvalue weighted by atomic mass is 32.2. The maximum Gasteiger partial charge on any atom is 0.263 e. The molecular formula is C16H18N2O4S2. The zero-order chi connectivity index (χ0) is 17.2. The number of rotatable bonds is 7. The number of anilines is 1. The third-order valence-electron chi connectivity index (χ3n) is 3.71. The van der Waals surface area contributed by atoms with E-state index in [-0.39, 0.29) is 9.79 Å². The zero-order valence-corrected chi connectivity index (χ0v) is 14.5. The quantitative estimate of drug-likeness (QED) is 0.785. The Morgan fingerprint density at radius 3 is 1.92 bits per heavy atom. The molecule has 1 aliphatic carbocycles. The van der Waals surface area contributed by atoms with Crippen molar-refractivity contribution in [3.63, 3.8) is 0 Å². The summed E-state index contributed by atoms with van der Waals surface area (Å²) >= 11 is 0. The molecule has 0 atom stereocenters. The highest BCUT2D eigenvalue weighted by molar-refractivity contribution is 7.94. The Hall–Kier alpha value is -1.90. The van der Waals surface area contributed by atoms with Crippen LogP contribution in [0.4, 0.5) is 5.69 Å². The summed E-state index contributed by atoms with van der Waals surface area (Å²) in [5.41, 5.74) is 0.371. The topological polar surface area (TPSA) is 92.3 Å². The van der Waals surface area contributed by atoms with Gasteiger partial charge < -0.3 is 0 Å². The van der Waals surface area contributed by atoms with Gasteiger partial charge in [-0.2, -0.15) is 0 Å². The van der Waals surface area contributed by atoms with E-state index in [2.05, 4.69) is 9.44 Å². The van der Waals surface area contributed by atoms with Crippen molar-refractivity contribution in [2.45, 2.75) is 22.6 Å². The monoisotopic (exact) mass is 366 g/mol. The molecule has 8 heteroatoms. The second-order valence-corrected chi connectivity index (χ2v) is 9.10. The molecule has 0 aromatic heterocycles. The Morgan fingerprint density at radius 1 is 0.792 bits per heavy atom. The van der Waals surface area contributed by atoms with Crippen LogP contribution in [0, 0.1) is 5.92 Å². The minimum absolute atomic E-state index is 0.242. The molecular weight excluding hydrogens is 348 g/mol. The van der Waals surface area contributed by atoms with Gasteiger partial charge in [-0.15, -0.1) is 0 Å². The molecule has 1 saturated carbocycles. The molecule has 0 radical (unpaired) electrons. The summed E-state index contributed by atoms with van der Waals surface area (Å²) in [4.78, 5) is -0.508. The van der Waals surface area contributed by atoms with Gasteiger partial charge in [-0.1, -0.05) is 30.3 Å². The molecule has 0 bridgehead atoms. The summed E-state index contributed by atoms with van der Waals surface area (Å²) < 4.78 is 55.1. The van der Waals surface area contributed by atoms with E-state index in [0.717, 1.165) is 12.8 Å². The van der Waals surface area contributed by atoms with E-state index in [1.807, 2.05) is 0 Å². The number of sulfonamides is 2. The van der Waals surface area contributed by atoms with Crippen LogP contribution >= 0.6 is 0 Å². The first-order valence-corrected chi connectivity index (χ1v) is 10.5. The Kier molecular flexibility index (Phi) is 4.62. The molecule has 1 aliphatic rings. The average molecular weight is 366 g/mol. The molecule has 2 aromatic rings. The van der Waals surface area contributed by atoms with Crippen molar-refractivity contribution in [3.8, 4) is 0 Å². The van der Waals surface area contributed by atoms with Crippen LogP contribution in [0.2, 0.25) is 0 Å². The summed E-state index contributed by atoms with van der Waals surface area (Å²) in [5.74, 6) is 0.353. The van der Waals surface area contributed by atoms with Crippen LogP contribution in [-0.2, 0) is 20.0 Å². The molecule has 24 heavy (non-hydrogen) atoms. The average Bonchev–Trinajstić information content (AvgIpc) is 3.38. The Balaban J connectivity index is 1.93. The van der Waals surface area contributed by atoms with E-state index in [1.165, 1.54) is 24.3 Å². The van der Waals surface area contributed by atoms with E-state index >= 15 is 0 Å². The van der Waals surface area contributed by atoms with Gasteiger partial charge in [0.25, 0.3) is 10.0 Å². The first-order chi connectivity index (χ1) is 11.4. The molecule has 6 nitrogen and oxygen atoms in total. The lowest BCUT2D eigenvalue weighted by atomic mass is 10.3. The first-order valence-electron chi connectivity index (χ1n) is 7.55. The van der Waals surface area contributed by atoms with Crippen molar-refractivity contribution in [1.29, 1.82) is 0 Å². The van der Waals surface area contributed by atoms with Gasteiger partial charge in [-0.3, -0.25) is 4.72 Å². The number of benzene rings is 2. The summed E-state index contributed by atoms with van der Waals surface area (Å²) in [5, 5.41) is 0. The maximum atomic E-state index is 12.6. The van der Waals surface area contributed by atoms with Crippen molar-refractivity contribution >= 4 is 25.7 Å². The molecule has 128 valence electrons. The van der Waals surface area contributed by atoms with Gasteiger partial charge in [0, 0.05) is 12.2 Å². The van der Waals surface area contributed by atoms with Gasteiger partial charge in [-0.25, -0.2) is 21.6 Å². The predicted molar refractivity (Wildman–Crippen MR) is 91.6 cm³/mol. The summed E-state index contributed by atoms with van der Waals surface area (Å²) in [6, 6.07) is 13.9. The fourth-order valence-corrected chi connectivity index (χ4v) is 5.24. The van der Waals surface area contributed by atoms with Gasteiger partial charge in [0.05, 0.1) is 0 Å².